The Morgan fingerprint density at radius 1 is 1.29 bits per heavy atom. The van der Waals surface area contributed by atoms with E-state index in [4.69, 9.17) is 5.73 Å². The molecule has 0 aliphatic heterocycles. The molecule has 2 rings (SSSR count). The lowest BCUT2D eigenvalue weighted by Gasteiger charge is -2.27. The number of imidazole rings is 1. The molecule has 0 spiro atoms. The Labute approximate surface area is 125 Å². The fourth-order valence-electron chi connectivity index (χ4n) is 2.31. The maximum atomic E-state index is 13.0. The molecule has 0 aliphatic rings. The van der Waals surface area contributed by atoms with E-state index in [1.807, 2.05) is 27.7 Å². The predicted octanol–water partition coefficient (Wildman–Crippen LogP) is 1.97. The molecule has 0 saturated carbocycles. The maximum absolute atomic E-state index is 13.0. The molecule has 0 atom stereocenters. The predicted molar refractivity (Wildman–Crippen MR) is 83.5 cm³/mol. The molecule has 2 N–H and O–H groups in total. The van der Waals surface area contributed by atoms with Crippen molar-refractivity contribution in [3.05, 3.63) is 24.4 Å². The van der Waals surface area contributed by atoms with Gasteiger partial charge in [0.15, 0.2) is 10.8 Å². The summed E-state index contributed by atoms with van der Waals surface area (Å²) in [6, 6.07) is 5.14. The number of hydrogen-bond donors (Lipinski definition) is 1. The van der Waals surface area contributed by atoms with Gasteiger partial charge in [-0.05, 0) is 31.9 Å². The van der Waals surface area contributed by atoms with Crippen LogP contribution in [0, 0.1) is 5.92 Å². The Morgan fingerprint density at radius 2 is 1.95 bits per heavy atom. The molecule has 0 unspecified atom stereocenters. The number of rotatable bonds is 5. The summed E-state index contributed by atoms with van der Waals surface area (Å²) in [5, 5.41) is 0.0486. The molecule has 116 valence electrons. The van der Waals surface area contributed by atoms with Crippen LogP contribution < -0.4 is 5.73 Å². The Bertz CT molecular complexity index is 735. The molecule has 2 aromatic heterocycles. The summed E-state index contributed by atoms with van der Waals surface area (Å²) in [5.41, 5.74) is 6.40. The van der Waals surface area contributed by atoms with Crippen LogP contribution in [0.25, 0.3) is 5.65 Å². The standard InChI is InChI=1S/C14H22N4O2S/c1-10(2)9-18(11(3)4)21(19,20)14-13(15)16-12-7-5-6-8-17(12)14/h5-8,10-11H,9,15H2,1-4H3. The fourth-order valence-corrected chi connectivity index (χ4v) is 4.29. The first kappa shape index (κ1) is 15.8. The quantitative estimate of drug-likeness (QED) is 0.915. The number of nitrogens with zero attached hydrogens (tertiary/aromatic N) is 3. The number of anilines is 1. The highest BCUT2D eigenvalue weighted by Gasteiger charge is 2.32. The normalized spacial score (nSPS) is 12.9. The van der Waals surface area contributed by atoms with Crippen molar-refractivity contribution in [3.8, 4) is 0 Å². The first-order valence-electron chi connectivity index (χ1n) is 6.99. The van der Waals surface area contributed by atoms with Crippen molar-refractivity contribution in [2.45, 2.75) is 38.8 Å². The van der Waals surface area contributed by atoms with E-state index in [0.29, 0.717) is 12.2 Å². The number of aromatic nitrogens is 2. The van der Waals surface area contributed by atoms with Crippen molar-refractivity contribution < 1.29 is 8.42 Å². The van der Waals surface area contributed by atoms with E-state index in [0.717, 1.165) is 0 Å². The highest BCUT2D eigenvalue weighted by molar-refractivity contribution is 7.89. The van der Waals surface area contributed by atoms with Gasteiger partial charge in [-0.1, -0.05) is 19.9 Å². The van der Waals surface area contributed by atoms with Crippen LogP contribution in [0.2, 0.25) is 0 Å². The van der Waals surface area contributed by atoms with Crippen LogP contribution in [0.5, 0.6) is 0 Å². The average molecular weight is 310 g/mol. The first-order valence-corrected chi connectivity index (χ1v) is 8.43. The molecular formula is C14H22N4O2S. The Hall–Kier alpha value is -1.60. The van der Waals surface area contributed by atoms with Gasteiger partial charge in [0.1, 0.15) is 5.65 Å². The monoisotopic (exact) mass is 310 g/mol. The van der Waals surface area contributed by atoms with Gasteiger partial charge in [-0.15, -0.1) is 0 Å². The lowest BCUT2D eigenvalue weighted by molar-refractivity contribution is 0.318. The maximum Gasteiger partial charge on any atom is 0.263 e. The van der Waals surface area contributed by atoms with Gasteiger partial charge >= 0.3 is 0 Å². The summed E-state index contributed by atoms with van der Waals surface area (Å²) in [4.78, 5) is 4.14. The third kappa shape index (κ3) is 2.89. The molecule has 0 fully saturated rings. The molecular weight excluding hydrogens is 288 g/mol. The van der Waals surface area contributed by atoms with E-state index in [1.165, 1.54) is 8.71 Å². The third-order valence-electron chi connectivity index (χ3n) is 3.19. The molecule has 0 aromatic carbocycles. The second kappa shape index (κ2) is 5.65. The number of hydrogen-bond acceptors (Lipinski definition) is 4. The van der Waals surface area contributed by atoms with Crippen LogP contribution in [-0.4, -0.2) is 34.7 Å². The Kier molecular flexibility index (Phi) is 4.25. The fraction of sp³-hybridized carbons (Fsp3) is 0.500. The van der Waals surface area contributed by atoms with E-state index in [-0.39, 0.29) is 22.8 Å². The minimum Gasteiger partial charge on any atom is -0.381 e. The van der Waals surface area contributed by atoms with Crippen molar-refractivity contribution in [2.24, 2.45) is 5.92 Å². The minimum atomic E-state index is -3.70. The van der Waals surface area contributed by atoms with Gasteiger partial charge in [0.05, 0.1) is 0 Å². The third-order valence-corrected chi connectivity index (χ3v) is 5.27. The molecule has 0 amide bonds. The van der Waals surface area contributed by atoms with E-state index < -0.39 is 10.0 Å². The SMILES string of the molecule is CC(C)CN(C(C)C)S(=O)(=O)c1c(N)nc2ccccn12. The van der Waals surface area contributed by atoms with Crippen molar-refractivity contribution in [2.75, 3.05) is 12.3 Å². The topological polar surface area (TPSA) is 80.7 Å². The van der Waals surface area contributed by atoms with Crippen LogP contribution in [0.3, 0.4) is 0 Å². The molecule has 0 aliphatic carbocycles. The van der Waals surface area contributed by atoms with Gasteiger partial charge in [0.2, 0.25) is 0 Å². The zero-order chi connectivity index (χ0) is 15.8. The summed E-state index contributed by atoms with van der Waals surface area (Å²) in [5.74, 6) is 0.262. The number of pyridine rings is 1. The summed E-state index contributed by atoms with van der Waals surface area (Å²) >= 11 is 0. The van der Waals surface area contributed by atoms with Gasteiger partial charge in [0.25, 0.3) is 10.0 Å². The van der Waals surface area contributed by atoms with Crippen LogP contribution in [0.1, 0.15) is 27.7 Å². The van der Waals surface area contributed by atoms with Crippen LogP contribution in [-0.2, 0) is 10.0 Å². The van der Waals surface area contributed by atoms with Crippen LogP contribution >= 0.6 is 0 Å². The van der Waals surface area contributed by atoms with Gasteiger partial charge in [-0.25, -0.2) is 13.4 Å². The molecule has 0 radical (unpaired) electrons. The van der Waals surface area contributed by atoms with Gasteiger partial charge in [-0.3, -0.25) is 4.40 Å². The van der Waals surface area contributed by atoms with E-state index in [1.54, 1.807) is 24.4 Å². The van der Waals surface area contributed by atoms with Crippen LogP contribution in [0.15, 0.2) is 29.4 Å². The number of nitrogen functional groups attached to an aromatic ring is 1. The molecule has 21 heavy (non-hydrogen) atoms. The second-order valence-electron chi connectivity index (χ2n) is 5.79. The van der Waals surface area contributed by atoms with Crippen molar-refractivity contribution >= 4 is 21.5 Å². The highest BCUT2D eigenvalue weighted by Crippen LogP contribution is 2.25. The zero-order valence-electron chi connectivity index (χ0n) is 12.8. The summed E-state index contributed by atoms with van der Waals surface area (Å²) in [7, 11) is -3.70. The zero-order valence-corrected chi connectivity index (χ0v) is 13.6. The second-order valence-corrected chi connectivity index (χ2v) is 7.60. The first-order chi connectivity index (χ1) is 9.75. The number of fused-ring (bicyclic) bond motifs is 1. The molecule has 0 saturated heterocycles. The van der Waals surface area contributed by atoms with E-state index >= 15 is 0 Å². The van der Waals surface area contributed by atoms with Gasteiger partial charge in [-0.2, -0.15) is 4.31 Å². The highest BCUT2D eigenvalue weighted by atomic mass is 32.2. The van der Waals surface area contributed by atoms with E-state index in [9.17, 15) is 8.42 Å². The summed E-state index contributed by atoms with van der Waals surface area (Å²) in [6.45, 7) is 8.14. The van der Waals surface area contributed by atoms with Crippen molar-refractivity contribution in [1.29, 1.82) is 0 Å². The molecule has 7 heteroatoms. The van der Waals surface area contributed by atoms with Crippen LogP contribution in [0.4, 0.5) is 5.82 Å². The van der Waals surface area contributed by atoms with Crippen molar-refractivity contribution in [3.63, 3.8) is 0 Å². The average Bonchev–Trinajstić information content (AvgIpc) is 2.71. The minimum absolute atomic E-state index is 0.0376. The van der Waals surface area contributed by atoms with E-state index in [2.05, 4.69) is 4.98 Å². The number of nitrogens with two attached hydrogens (primary N) is 1. The molecule has 2 aromatic rings. The molecule has 6 nitrogen and oxygen atoms in total. The Morgan fingerprint density at radius 3 is 2.52 bits per heavy atom. The number of sulfonamides is 1. The smallest absolute Gasteiger partial charge is 0.263 e. The lowest BCUT2D eigenvalue weighted by atomic mass is 10.2. The van der Waals surface area contributed by atoms with Gasteiger partial charge < -0.3 is 5.73 Å². The van der Waals surface area contributed by atoms with Crippen molar-refractivity contribution in [1.82, 2.24) is 13.7 Å². The lowest BCUT2D eigenvalue weighted by Crippen LogP contribution is -2.40. The summed E-state index contributed by atoms with van der Waals surface area (Å²) in [6.07, 6.45) is 1.67. The Balaban J connectivity index is 2.62. The summed E-state index contributed by atoms with van der Waals surface area (Å²) < 4.78 is 29.0. The molecule has 2 heterocycles. The largest absolute Gasteiger partial charge is 0.381 e. The molecule has 0 bridgehead atoms. The van der Waals surface area contributed by atoms with Gasteiger partial charge in [0, 0.05) is 18.8 Å².